The predicted octanol–water partition coefficient (Wildman–Crippen LogP) is 2.54. The number of rotatable bonds is 4. The monoisotopic (exact) mass is 348 g/mol. The number of aromatic hydroxyl groups is 1. The molecule has 0 bridgehead atoms. The van der Waals surface area contributed by atoms with E-state index in [9.17, 15) is 9.90 Å². The number of anilines is 1. The van der Waals surface area contributed by atoms with Gasteiger partial charge >= 0.3 is 0 Å². The first-order valence-electron chi connectivity index (χ1n) is 8.64. The zero-order valence-corrected chi connectivity index (χ0v) is 14.3. The zero-order valence-electron chi connectivity index (χ0n) is 14.3. The number of phenols is 1. The van der Waals surface area contributed by atoms with Crippen LogP contribution in [0, 0.1) is 0 Å². The summed E-state index contributed by atoms with van der Waals surface area (Å²) in [5.74, 6) is -0.150. The maximum atomic E-state index is 12.8. The second-order valence-corrected chi connectivity index (χ2v) is 6.35. The highest BCUT2D eigenvalue weighted by atomic mass is 16.3. The molecule has 0 atom stereocenters. The van der Waals surface area contributed by atoms with Gasteiger partial charge in [0.15, 0.2) is 5.69 Å². The second-order valence-electron chi connectivity index (χ2n) is 6.35. The number of hydrogen-bond acceptors (Lipinski definition) is 4. The Labute approximate surface area is 151 Å². The standard InChI is InChI=1S/C20H20N4O2/c25-16-8-4-7-15(11-16)22-20(26)19-17-12-21-10-9-18(17)24(23-19)13-14-5-2-1-3-6-14/h1-8,11,21,25H,9-10,12-13H2,(H,22,26). The van der Waals surface area contributed by atoms with Crippen molar-refractivity contribution in [3.8, 4) is 5.75 Å². The third-order valence-corrected chi connectivity index (χ3v) is 4.50. The molecule has 6 heteroatoms. The summed E-state index contributed by atoms with van der Waals surface area (Å²) in [4.78, 5) is 12.8. The van der Waals surface area contributed by atoms with Crippen LogP contribution in [0.3, 0.4) is 0 Å². The lowest BCUT2D eigenvalue weighted by Gasteiger charge is -2.15. The van der Waals surface area contributed by atoms with Crippen molar-refractivity contribution in [2.75, 3.05) is 11.9 Å². The Kier molecular flexibility index (Phi) is 4.41. The summed E-state index contributed by atoms with van der Waals surface area (Å²) >= 11 is 0. The van der Waals surface area contributed by atoms with Gasteiger partial charge in [-0.05, 0) is 17.7 Å². The number of hydrogen-bond donors (Lipinski definition) is 3. The minimum absolute atomic E-state index is 0.112. The van der Waals surface area contributed by atoms with Gasteiger partial charge < -0.3 is 15.7 Å². The number of nitrogens with one attached hydrogen (secondary N) is 2. The Hall–Kier alpha value is -3.12. The molecule has 0 saturated carbocycles. The summed E-state index contributed by atoms with van der Waals surface area (Å²) in [6.45, 7) is 2.15. The fraction of sp³-hybridized carbons (Fsp3) is 0.200. The van der Waals surface area contributed by atoms with Crippen molar-refractivity contribution < 1.29 is 9.90 Å². The highest BCUT2D eigenvalue weighted by molar-refractivity contribution is 6.04. The van der Waals surface area contributed by atoms with Crippen molar-refractivity contribution in [1.29, 1.82) is 0 Å². The first kappa shape index (κ1) is 16.4. The Morgan fingerprint density at radius 1 is 1.19 bits per heavy atom. The van der Waals surface area contributed by atoms with Gasteiger partial charge in [-0.25, -0.2) is 0 Å². The summed E-state index contributed by atoms with van der Waals surface area (Å²) in [7, 11) is 0. The van der Waals surface area contributed by atoms with Gasteiger partial charge in [0, 0.05) is 42.5 Å². The van der Waals surface area contributed by atoms with Gasteiger partial charge in [0.25, 0.3) is 5.91 Å². The number of fused-ring (bicyclic) bond motifs is 1. The molecular weight excluding hydrogens is 328 g/mol. The van der Waals surface area contributed by atoms with Gasteiger partial charge in [-0.15, -0.1) is 0 Å². The molecule has 1 aliphatic heterocycles. The number of benzene rings is 2. The van der Waals surface area contributed by atoms with E-state index >= 15 is 0 Å². The molecule has 1 amide bonds. The van der Waals surface area contributed by atoms with Crippen LogP contribution in [0.25, 0.3) is 0 Å². The van der Waals surface area contributed by atoms with Gasteiger partial charge in [-0.1, -0.05) is 36.4 Å². The zero-order chi connectivity index (χ0) is 17.9. The minimum atomic E-state index is -0.262. The molecule has 3 aromatic rings. The Balaban J connectivity index is 1.64. The molecule has 0 unspecified atom stereocenters. The normalized spacial score (nSPS) is 13.2. The van der Waals surface area contributed by atoms with E-state index in [0.29, 0.717) is 24.5 Å². The molecule has 1 aliphatic rings. The summed E-state index contributed by atoms with van der Waals surface area (Å²) < 4.78 is 1.93. The summed E-state index contributed by atoms with van der Waals surface area (Å²) in [6.07, 6.45) is 0.842. The Bertz CT molecular complexity index is 934. The number of carbonyl (C=O) groups excluding carboxylic acids is 1. The smallest absolute Gasteiger partial charge is 0.276 e. The van der Waals surface area contributed by atoms with E-state index in [4.69, 9.17) is 0 Å². The lowest BCUT2D eigenvalue weighted by molar-refractivity contribution is 0.102. The predicted molar refractivity (Wildman–Crippen MR) is 99.2 cm³/mol. The average molecular weight is 348 g/mol. The van der Waals surface area contributed by atoms with E-state index in [2.05, 4.69) is 27.9 Å². The van der Waals surface area contributed by atoms with E-state index in [1.807, 2.05) is 22.9 Å². The first-order chi connectivity index (χ1) is 12.7. The van der Waals surface area contributed by atoms with Crippen LogP contribution in [-0.2, 0) is 19.5 Å². The molecule has 6 nitrogen and oxygen atoms in total. The van der Waals surface area contributed by atoms with Crippen molar-refractivity contribution in [2.45, 2.75) is 19.5 Å². The van der Waals surface area contributed by atoms with Crippen LogP contribution in [0.5, 0.6) is 5.75 Å². The quantitative estimate of drug-likeness (QED) is 0.677. The molecular formula is C20H20N4O2. The van der Waals surface area contributed by atoms with E-state index in [-0.39, 0.29) is 11.7 Å². The molecule has 1 aromatic heterocycles. The minimum Gasteiger partial charge on any atom is -0.508 e. The maximum Gasteiger partial charge on any atom is 0.276 e. The molecule has 0 spiro atoms. The third kappa shape index (κ3) is 3.32. The third-order valence-electron chi connectivity index (χ3n) is 4.50. The fourth-order valence-corrected chi connectivity index (χ4v) is 3.26. The lowest BCUT2D eigenvalue weighted by atomic mass is 10.1. The van der Waals surface area contributed by atoms with Crippen molar-refractivity contribution in [2.24, 2.45) is 0 Å². The van der Waals surface area contributed by atoms with Crippen LogP contribution in [0.4, 0.5) is 5.69 Å². The number of carbonyl (C=O) groups is 1. The van der Waals surface area contributed by atoms with Gasteiger partial charge in [0.2, 0.25) is 0 Å². The second kappa shape index (κ2) is 7.01. The van der Waals surface area contributed by atoms with Gasteiger partial charge in [-0.2, -0.15) is 5.10 Å². The van der Waals surface area contributed by atoms with Gasteiger partial charge in [0.05, 0.1) is 6.54 Å². The largest absolute Gasteiger partial charge is 0.508 e. The highest BCUT2D eigenvalue weighted by Crippen LogP contribution is 2.22. The van der Waals surface area contributed by atoms with Gasteiger partial charge in [-0.3, -0.25) is 9.48 Å². The number of phenolic OH excluding ortho intramolecular Hbond substituents is 1. The van der Waals surface area contributed by atoms with E-state index < -0.39 is 0 Å². The van der Waals surface area contributed by atoms with Crippen LogP contribution >= 0.6 is 0 Å². The SMILES string of the molecule is O=C(Nc1cccc(O)c1)c1nn(Cc2ccccc2)c2c1CNCC2. The summed E-state index contributed by atoms with van der Waals surface area (Å²) in [6, 6.07) is 16.6. The molecule has 4 rings (SSSR count). The van der Waals surface area contributed by atoms with Crippen LogP contribution in [-0.4, -0.2) is 27.3 Å². The van der Waals surface area contributed by atoms with Crippen LogP contribution in [0.1, 0.15) is 27.3 Å². The number of aromatic nitrogens is 2. The molecule has 3 N–H and O–H groups in total. The van der Waals surface area contributed by atoms with E-state index in [0.717, 1.165) is 29.8 Å². The Morgan fingerprint density at radius 2 is 2.04 bits per heavy atom. The topological polar surface area (TPSA) is 79.2 Å². The first-order valence-corrected chi connectivity index (χ1v) is 8.64. The molecule has 0 radical (unpaired) electrons. The number of amides is 1. The maximum absolute atomic E-state index is 12.8. The average Bonchev–Trinajstić information content (AvgIpc) is 3.01. The molecule has 0 aliphatic carbocycles. The molecule has 132 valence electrons. The van der Waals surface area contributed by atoms with Crippen molar-refractivity contribution in [3.63, 3.8) is 0 Å². The molecule has 2 heterocycles. The molecule has 26 heavy (non-hydrogen) atoms. The fourth-order valence-electron chi connectivity index (χ4n) is 3.26. The highest BCUT2D eigenvalue weighted by Gasteiger charge is 2.25. The molecule has 0 saturated heterocycles. The lowest BCUT2D eigenvalue weighted by Crippen LogP contribution is -2.26. The number of nitrogens with zero attached hydrogens (tertiary/aromatic N) is 2. The van der Waals surface area contributed by atoms with Crippen LogP contribution < -0.4 is 10.6 Å². The molecule has 0 fully saturated rings. The van der Waals surface area contributed by atoms with Crippen LogP contribution in [0.2, 0.25) is 0 Å². The van der Waals surface area contributed by atoms with Crippen molar-refractivity contribution in [3.05, 3.63) is 77.1 Å². The van der Waals surface area contributed by atoms with Gasteiger partial charge in [0.1, 0.15) is 5.75 Å². The molecule has 2 aromatic carbocycles. The Morgan fingerprint density at radius 3 is 2.85 bits per heavy atom. The van der Waals surface area contributed by atoms with E-state index in [1.54, 1.807) is 18.2 Å². The van der Waals surface area contributed by atoms with E-state index in [1.165, 1.54) is 6.07 Å². The van der Waals surface area contributed by atoms with Crippen molar-refractivity contribution >= 4 is 11.6 Å². The summed E-state index contributed by atoms with van der Waals surface area (Å²) in [5.41, 5.74) is 4.19. The summed E-state index contributed by atoms with van der Waals surface area (Å²) in [5, 5.41) is 20.3. The van der Waals surface area contributed by atoms with Crippen molar-refractivity contribution in [1.82, 2.24) is 15.1 Å². The van der Waals surface area contributed by atoms with Crippen LogP contribution in [0.15, 0.2) is 54.6 Å².